The molecule has 0 aliphatic carbocycles. The first-order chi connectivity index (χ1) is 28.0. The summed E-state index contributed by atoms with van der Waals surface area (Å²) in [5, 5.41) is 2.78. The van der Waals surface area contributed by atoms with E-state index >= 15 is 0 Å². The number of nitrogens with zero attached hydrogens (tertiary/aromatic N) is 7. The number of hydrogen-bond acceptors (Lipinski definition) is 10. The van der Waals surface area contributed by atoms with Gasteiger partial charge in [-0.25, -0.2) is 4.85 Å². The molecule has 0 radical (unpaired) electrons. The van der Waals surface area contributed by atoms with Crippen molar-refractivity contribution in [2.75, 3.05) is 92.2 Å². The molecule has 3 aromatic rings. The molecule has 3 aromatic carbocycles. The number of benzene rings is 3. The molecule has 1 spiro atoms. The van der Waals surface area contributed by atoms with E-state index in [0.29, 0.717) is 35.3 Å². The first kappa shape index (κ1) is 38.4. The quantitative estimate of drug-likeness (QED) is 0.241. The van der Waals surface area contributed by atoms with Gasteiger partial charge in [0.15, 0.2) is 0 Å². The van der Waals surface area contributed by atoms with Crippen LogP contribution in [0.5, 0.6) is 0 Å². The van der Waals surface area contributed by atoms with E-state index in [9.17, 15) is 19.2 Å². The Kier molecular flexibility index (Phi) is 9.85. The first-order valence-corrected chi connectivity index (χ1v) is 20.8. The summed E-state index contributed by atoms with van der Waals surface area (Å²) in [7, 11) is 1.76. The van der Waals surface area contributed by atoms with Gasteiger partial charge in [0.1, 0.15) is 11.6 Å². The second kappa shape index (κ2) is 14.9. The van der Waals surface area contributed by atoms with E-state index in [0.717, 1.165) is 81.5 Å². The lowest BCUT2D eigenvalue weighted by Crippen LogP contribution is -2.68. The molecule has 6 aliphatic heterocycles. The average molecular weight is 805 g/mol. The van der Waals surface area contributed by atoms with Crippen molar-refractivity contribution < 1.29 is 23.9 Å². The Morgan fingerprint density at radius 3 is 2.07 bits per heavy atom. The summed E-state index contributed by atoms with van der Waals surface area (Å²) in [5.74, 6) is -2.00. The van der Waals surface area contributed by atoms with Crippen LogP contribution in [0.2, 0.25) is 5.02 Å². The van der Waals surface area contributed by atoms with Gasteiger partial charge in [-0.3, -0.25) is 34.3 Å². The molecule has 5 fully saturated rings. The lowest BCUT2D eigenvalue weighted by Gasteiger charge is -2.52. The first-order valence-electron chi connectivity index (χ1n) is 20.4. The van der Waals surface area contributed by atoms with Crippen molar-refractivity contribution in [2.45, 2.75) is 56.7 Å². The number of halogens is 1. The van der Waals surface area contributed by atoms with E-state index in [1.165, 1.54) is 17.8 Å². The topological polar surface area (TPSA) is 113 Å². The van der Waals surface area contributed by atoms with Crippen molar-refractivity contribution >= 4 is 63.7 Å². The third-order valence-corrected chi connectivity index (χ3v) is 13.9. The zero-order valence-corrected chi connectivity index (χ0v) is 33.8. The maximum Gasteiger partial charge on any atom is 0.262 e. The molecule has 5 saturated heterocycles. The minimum absolute atomic E-state index is 0.0890. The molecule has 14 heteroatoms. The molecular formula is C44H49ClN8O5. The number of amides is 4. The van der Waals surface area contributed by atoms with Gasteiger partial charge in [0, 0.05) is 99.7 Å². The molecule has 58 heavy (non-hydrogen) atoms. The predicted molar refractivity (Wildman–Crippen MR) is 223 cm³/mol. The third kappa shape index (κ3) is 6.84. The highest BCUT2D eigenvalue weighted by Crippen LogP contribution is 2.46. The average Bonchev–Trinajstić information content (AvgIpc) is 3.67. The van der Waals surface area contributed by atoms with Crippen LogP contribution in [0, 0.1) is 12.0 Å². The van der Waals surface area contributed by atoms with Gasteiger partial charge in [-0.2, -0.15) is 0 Å². The number of imide groups is 2. The number of piperidine rings is 2. The molecule has 302 valence electrons. The van der Waals surface area contributed by atoms with Crippen molar-refractivity contribution in [3.8, 4) is 0 Å². The van der Waals surface area contributed by atoms with E-state index in [1.807, 2.05) is 24.3 Å². The fraction of sp³-hybridized carbons (Fsp3) is 0.477. The molecule has 6 aliphatic rings. The van der Waals surface area contributed by atoms with E-state index < -0.39 is 29.7 Å². The zero-order chi connectivity index (χ0) is 40.3. The Morgan fingerprint density at radius 2 is 1.43 bits per heavy atom. The molecule has 0 bridgehead atoms. The molecule has 0 saturated carbocycles. The number of methoxy groups -OCH3 is 1. The van der Waals surface area contributed by atoms with Crippen molar-refractivity contribution in [1.82, 2.24) is 15.1 Å². The van der Waals surface area contributed by atoms with Crippen molar-refractivity contribution in [3.05, 3.63) is 88.2 Å². The highest BCUT2D eigenvalue weighted by molar-refractivity contribution is 6.33. The maximum atomic E-state index is 13.4. The molecular weight excluding hydrogens is 756 g/mol. The van der Waals surface area contributed by atoms with Crippen LogP contribution >= 0.6 is 11.6 Å². The number of carbonyl (C=O) groups is 4. The van der Waals surface area contributed by atoms with Gasteiger partial charge in [0.2, 0.25) is 17.5 Å². The number of hydrogen-bond donors (Lipinski definition) is 1. The summed E-state index contributed by atoms with van der Waals surface area (Å²) >= 11 is 6.40. The van der Waals surface area contributed by atoms with Gasteiger partial charge in [-0.15, -0.1) is 0 Å². The fourth-order valence-electron chi connectivity index (χ4n) is 10.3. The van der Waals surface area contributed by atoms with Crippen LogP contribution in [0.15, 0.2) is 60.7 Å². The van der Waals surface area contributed by atoms with E-state index in [-0.39, 0.29) is 29.6 Å². The summed E-state index contributed by atoms with van der Waals surface area (Å²) in [6.45, 7) is 18.6. The highest BCUT2D eigenvalue weighted by Gasteiger charge is 2.48. The van der Waals surface area contributed by atoms with E-state index in [2.05, 4.69) is 65.9 Å². The Morgan fingerprint density at radius 1 is 0.793 bits per heavy atom. The maximum absolute atomic E-state index is 13.4. The van der Waals surface area contributed by atoms with Crippen LogP contribution in [0.1, 0.15) is 59.7 Å². The van der Waals surface area contributed by atoms with Gasteiger partial charge in [0.25, 0.3) is 11.8 Å². The summed E-state index contributed by atoms with van der Waals surface area (Å²) in [5.41, 5.74) is 5.51. The summed E-state index contributed by atoms with van der Waals surface area (Å²) < 4.78 is 6.11. The Labute approximate surface area is 344 Å². The predicted octanol–water partition coefficient (Wildman–Crippen LogP) is 5.20. The molecule has 4 amide bonds. The van der Waals surface area contributed by atoms with Gasteiger partial charge < -0.3 is 24.3 Å². The van der Waals surface area contributed by atoms with E-state index in [4.69, 9.17) is 22.9 Å². The normalized spacial score (nSPS) is 24.3. The number of anilines is 4. The van der Waals surface area contributed by atoms with Gasteiger partial charge in [0.05, 0.1) is 30.8 Å². The standard InChI is InChI=1S/C44H49ClN8O5/c1-29-24-43(25-52(29)33-9-11-37(46-2)36(45)23-33)14-16-49(17-15-43)30-4-6-31(7-5-30)50-20-18-48(19-21-50)26-44(58-3)27-51(28-44)32-8-10-34-35(22-32)42(57)53(41(34)56)38-12-13-39(54)47-40(38)55/h4-11,22-23,29,38H,12-21,24-28H2,1,3H3,(H,47,54,55)/t29-,38?/m0/s1. The monoisotopic (exact) mass is 804 g/mol. The number of piperazine rings is 1. The van der Waals surface area contributed by atoms with Crippen molar-refractivity contribution in [2.24, 2.45) is 5.41 Å². The molecule has 6 heterocycles. The SMILES string of the molecule is [C-]#[N+]c1ccc(N2CC3(CCN(c4ccc(N5CCN(CC6(OC)CN(c7ccc8c(c7)C(=O)N(C7CCC(=O)NC7=O)C8=O)C6)CC5)cc4)CC3)C[C@@H]2C)cc1Cl. The van der Waals surface area contributed by atoms with Crippen LogP contribution in [0.25, 0.3) is 4.85 Å². The number of carbonyl (C=O) groups excluding carboxylic acids is 4. The number of rotatable bonds is 8. The fourth-order valence-corrected chi connectivity index (χ4v) is 10.5. The summed E-state index contributed by atoms with van der Waals surface area (Å²) in [6.07, 6.45) is 3.71. The van der Waals surface area contributed by atoms with Crippen LogP contribution < -0.4 is 24.9 Å². The van der Waals surface area contributed by atoms with Crippen molar-refractivity contribution in [3.63, 3.8) is 0 Å². The van der Waals surface area contributed by atoms with Crippen LogP contribution in [0.3, 0.4) is 0 Å². The number of ether oxygens (including phenoxy) is 1. The lowest BCUT2D eigenvalue weighted by molar-refractivity contribution is -0.136. The Balaban J connectivity index is 0.750. The molecule has 1 N–H and O–H groups in total. The molecule has 2 atom stereocenters. The lowest BCUT2D eigenvalue weighted by atomic mass is 9.76. The molecule has 9 rings (SSSR count). The Hall–Kier alpha value is -5.16. The smallest absolute Gasteiger partial charge is 0.262 e. The van der Waals surface area contributed by atoms with Crippen LogP contribution in [0.4, 0.5) is 28.4 Å². The van der Waals surface area contributed by atoms with Gasteiger partial charge in [-0.1, -0.05) is 17.7 Å². The zero-order valence-electron chi connectivity index (χ0n) is 33.1. The minimum atomic E-state index is -0.981. The second-order valence-electron chi connectivity index (χ2n) is 17.1. The largest absolute Gasteiger partial charge is 0.373 e. The summed E-state index contributed by atoms with van der Waals surface area (Å²) in [4.78, 5) is 67.3. The minimum Gasteiger partial charge on any atom is -0.373 e. The van der Waals surface area contributed by atoms with E-state index in [1.54, 1.807) is 19.2 Å². The number of fused-ring (bicyclic) bond motifs is 1. The van der Waals surface area contributed by atoms with Crippen LogP contribution in [-0.4, -0.2) is 124 Å². The molecule has 13 nitrogen and oxygen atoms in total. The summed E-state index contributed by atoms with van der Waals surface area (Å²) in [6, 6.07) is 19.6. The Bertz CT molecular complexity index is 2190. The van der Waals surface area contributed by atoms with Crippen molar-refractivity contribution in [1.29, 1.82) is 0 Å². The van der Waals surface area contributed by atoms with Gasteiger partial charge >= 0.3 is 0 Å². The molecule has 1 unspecified atom stereocenters. The number of nitrogens with one attached hydrogen (secondary N) is 1. The van der Waals surface area contributed by atoms with Gasteiger partial charge in [-0.05, 0) is 92.6 Å². The second-order valence-corrected chi connectivity index (χ2v) is 17.5. The molecule has 0 aromatic heterocycles. The highest BCUT2D eigenvalue weighted by atomic mass is 35.5. The third-order valence-electron chi connectivity index (χ3n) is 13.6. The van der Waals surface area contributed by atoms with Crippen LogP contribution in [-0.2, 0) is 14.3 Å².